The Hall–Kier alpha value is -1.06. The first kappa shape index (κ1) is 15.0. The Kier molecular flexibility index (Phi) is 4.77. The van der Waals surface area contributed by atoms with Crippen molar-refractivity contribution in [2.24, 2.45) is 0 Å². The monoisotopic (exact) mass is 375 g/mol. The summed E-state index contributed by atoms with van der Waals surface area (Å²) in [7, 11) is 0. The van der Waals surface area contributed by atoms with Crippen LogP contribution < -0.4 is 4.74 Å². The second kappa shape index (κ2) is 5.72. The zero-order valence-corrected chi connectivity index (χ0v) is 11.6. The molecule has 0 unspecified atom stereocenters. The number of carbonyl (C=O) groups excluding carboxylic acids is 1. The average Bonchev–Trinajstić information content (AvgIpc) is 2.20. The molecule has 1 aromatic rings. The lowest BCUT2D eigenvalue weighted by atomic mass is 10.2. The first-order valence-electron chi connectivity index (χ1n) is 4.84. The number of hydrogen-bond acceptors (Lipinski definition) is 4. The number of carbonyl (C=O) groups is 1. The van der Waals surface area contributed by atoms with Gasteiger partial charge in [-0.1, -0.05) is 0 Å². The molecule has 8 heteroatoms. The van der Waals surface area contributed by atoms with Crippen LogP contribution >= 0.6 is 22.6 Å². The zero-order chi connectivity index (χ0) is 13.9. The van der Waals surface area contributed by atoms with Crippen LogP contribution in [-0.4, -0.2) is 23.9 Å². The van der Waals surface area contributed by atoms with Gasteiger partial charge in [0.05, 0.1) is 17.9 Å². The molecule has 0 aliphatic carbocycles. The van der Waals surface area contributed by atoms with Crippen LogP contribution in [-0.2, 0) is 4.74 Å². The van der Waals surface area contributed by atoms with Crippen LogP contribution in [0.25, 0.3) is 0 Å². The van der Waals surface area contributed by atoms with Gasteiger partial charge in [-0.2, -0.15) is 0 Å². The van der Waals surface area contributed by atoms with Crippen LogP contribution in [0.3, 0.4) is 0 Å². The second-order valence-corrected chi connectivity index (χ2v) is 4.20. The van der Waals surface area contributed by atoms with E-state index in [1.54, 1.807) is 29.5 Å². The quantitative estimate of drug-likeness (QED) is 0.463. The Morgan fingerprint density at radius 2 is 2.11 bits per heavy atom. The minimum atomic E-state index is -4.83. The summed E-state index contributed by atoms with van der Waals surface area (Å²) in [6.07, 6.45) is -4.83. The summed E-state index contributed by atoms with van der Waals surface area (Å²) in [5.41, 5.74) is 0.240. The Labute approximate surface area is 115 Å². The van der Waals surface area contributed by atoms with E-state index in [4.69, 9.17) is 4.74 Å². The molecule has 0 aliphatic rings. The number of nitrogens with zero attached hydrogens (tertiary/aromatic N) is 1. The van der Waals surface area contributed by atoms with Crippen LogP contribution in [0.4, 0.5) is 13.2 Å². The highest BCUT2D eigenvalue weighted by Gasteiger charge is 2.33. The number of aromatic nitrogens is 1. The second-order valence-electron chi connectivity index (χ2n) is 3.18. The molecule has 4 nitrogen and oxygen atoms in total. The van der Waals surface area contributed by atoms with E-state index in [0.717, 1.165) is 6.07 Å². The van der Waals surface area contributed by atoms with Crippen LogP contribution in [0.1, 0.15) is 23.0 Å². The van der Waals surface area contributed by atoms with Crippen molar-refractivity contribution < 1.29 is 27.4 Å². The number of esters is 1. The van der Waals surface area contributed by atoms with Crippen molar-refractivity contribution >= 4 is 28.6 Å². The largest absolute Gasteiger partial charge is 0.573 e. The molecular weight excluding hydrogens is 366 g/mol. The fraction of sp³-hybridized carbons (Fsp3) is 0.400. The third kappa shape index (κ3) is 4.00. The van der Waals surface area contributed by atoms with Crippen LogP contribution in [0.15, 0.2) is 6.07 Å². The van der Waals surface area contributed by atoms with Crippen LogP contribution in [0.2, 0.25) is 0 Å². The summed E-state index contributed by atoms with van der Waals surface area (Å²) in [6, 6.07) is 0.982. The topological polar surface area (TPSA) is 48.4 Å². The summed E-state index contributed by atoms with van der Waals surface area (Å²) in [5, 5.41) is 0. The van der Waals surface area contributed by atoms with E-state index in [1.165, 1.54) is 6.92 Å². The van der Waals surface area contributed by atoms with Crippen molar-refractivity contribution in [2.45, 2.75) is 20.2 Å². The Morgan fingerprint density at radius 1 is 1.50 bits per heavy atom. The smallest absolute Gasteiger partial charge is 0.462 e. The maximum atomic E-state index is 12.1. The number of pyridine rings is 1. The van der Waals surface area contributed by atoms with Crippen molar-refractivity contribution in [3.8, 4) is 5.75 Å². The minimum absolute atomic E-state index is 0.0236. The zero-order valence-electron chi connectivity index (χ0n) is 9.47. The van der Waals surface area contributed by atoms with Gasteiger partial charge in [0, 0.05) is 0 Å². The number of halogens is 4. The minimum Gasteiger partial charge on any atom is -0.462 e. The molecule has 0 atom stereocenters. The normalized spacial score (nSPS) is 11.2. The lowest BCUT2D eigenvalue weighted by Crippen LogP contribution is -2.19. The molecule has 0 aliphatic heterocycles. The van der Waals surface area contributed by atoms with E-state index in [1.807, 2.05) is 0 Å². The van der Waals surface area contributed by atoms with E-state index >= 15 is 0 Å². The molecule has 1 rings (SSSR count). The van der Waals surface area contributed by atoms with Gasteiger partial charge >= 0.3 is 12.3 Å². The van der Waals surface area contributed by atoms with Gasteiger partial charge < -0.3 is 9.47 Å². The molecule has 0 saturated heterocycles. The summed E-state index contributed by atoms with van der Waals surface area (Å²) in [4.78, 5) is 15.3. The van der Waals surface area contributed by atoms with Gasteiger partial charge in [-0.05, 0) is 42.5 Å². The van der Waals surface area contributed by atoms with Gasteiger partial charge in [0.1, 0.15) is 3.70 Å². The summed E-state index contributed by atoms with van der Waals surface area (Å²) < 4.78 is 44.9. The average molecular weight is 375 g/mol. The van der Waals surface area contributed by atoms with E-state index in [2.05, 4.69) is 9.72 Å². The van der Waals surface area contributed by atoms with Gasteiger partial charge in [-0.15, -0.1) is 13.2 Å². The van der Waals surface area contributed by atoms with Gasteiger partial charge in [0.2, 0.25) is 0 Å². The molecule has 0 N–H and O–H groups in total. The highest BCUT2D eigenvalue weighted by molar-refractivity contribution is 14.1. The van der Waals surface area contributed by atoms with Crippen molar-refractivity contribution in [1.82, 2.24) is 4.98 Å². The number of hydrogen-bond donors (Lipinski definition) is 0. The molecule has 0 amide bonds. The highest BCUT2D eigenvalue weighted by Crippen LogP contribution is 2.28. The molecule has 0 spiro atoms. The standard InChI is InChI=1S/C10H9F3INO3/c1-3-17-9(16)6-4-7(18-10(11,12)13)8(14)15-5(6)2/h4H,3H2,1-2H3. The molecule has 0 saturated carbocycles. The number of aryl methyl sites for hydroxylation is 1. The van der Waals surface area contributed by atoms with Crippen LogP contribution in [0.5, 0.6) is 5.75 Å². The number of alkyl halides is 3. The summed E-state index contributed by atoms with van der Waals surface area (Å²) in [6.45, 7) is 3.23. The van der Waals surface area contributed by atoms with Gasteiger partial charge in [-0.25, -0.2) is 9.78 Å². The fourth-order valence-corrected chi connectivity index (χ4v) is 1.80. The van der Waals surface area contributed by atoms with Gasteiger partial charge in [-0.3, -0.25) is 0 Å². The van der Waals surface area contributed by atoms with Crippen molar-refractivity contribution in [3.63, 3.8) is 0 Å². The molecule has 18 heavy (non-hydrogen) atoms. The van der Waals surface area contributed by atoms with Crippen molar-refractivity contribution in [2.75, 3.05) is 6.61 Å². The molecule has 100 valence electrons. The van der Waals surface area contributed by atoms with Gasteiger partial charge in [0.25, 0.3) is 0 Å². The van der Waals surface area contributed by atoms with E-state index in [0.29, 0.717) is 0 Å². The molecule has 1 aromatic heterocycles. The molecule has 0 bridgehead atoms. The maximum Gasteiger partial charge on any atom is 0.573 e. The van der Waals surface area contributed by atoms with Crippen molar-refractivity contribution in [3.05, 3.63) is 21.0 Å². The Bertz CT molecular complexity index is 462. The third-order valence-corrected chi connectivity index (χ3v) is 2.63. The maximum absolute atomic E-state index is 12.1. The van der Waals surface area contributed by atoms with Gasteiger partial charge in [0.15, 0.2) is 5.75 Å². The fourth-order valence-electron chi connectivity index (χ4n) is 1.17. The molecule has 0 fully saturated rings. The number of ether oxygens (including phenoxy) is 2. The van der Waals surface area contributed by atoms with Crippen LogP contribution in [0, 0.1) is 10.6 Å². The third-order valence-electron chi connectivity index (χ3n) is 1.86. The summed E-state index contributed by atoms with van der Waals surface area (Å²) in [5.74, 6) is -1.25. The molecule has 0 aromatic carbocycles. The van der Waals surface area contributed by atoms with Crippen molar-refractivity contribution in [1.29, 1.82) is 0 Å². The highest BCUT2D eigenvalue weighted by atomic mass is 127. The molecule has 1 heterocycles. The predicted octanol–water partition coefficient (Wildman–Crippen LogP) is 3.07. The summed E-state index contributed by atoms with van der Waals surface area (Å²) >= 11 is 1.60. The first-order valence-corrected chi connectivity index (χ1v) is 5.92. The Morgan fingerprint density at radius 3 is 2.61 bits per heavy atom. The number of rotatable bonds is 3. The Balaban J connectivity index is 3.14. The molecule has 0 radical (unpaired) electrons. The van der Waals surface area contributed by atoms with E-state index in [-0.39, 0.29) is 21.6 Å². The lowest BCUT2D eigenvalue weighted by Gasteiger charge is -2.12. The van der Waals surface area contributed by atoms with E-state index < -0.39 is 18.1 Å². The van der Waals surface area contributed by atoms with E-state index in [9.17, 15) is 18.0 Å². The lowest BCUT2D eigenvalue weighted by molar-refractivity contribution is -0.275. The predicted molar refractivity (Wildman–Crippen MR) is 64.3 cm³/mol. The first-order chi connectivity index (χ1) is 8.24. The molecular formula is C10H9F3INO3. The SMILES string of the molecule is CCOC(=O)c1cc(OC(F)(F)F)c(I)nc1C.